The Labute approximate surface area is 94.5 Å². The van der Waals surface area contributed by atoms with Gasteiger partial charge in [-0.05, 0) is 12.1 Å². The minimum Gasteiger partial charge on any atom is -0.476 e. The van der Waals surface area contributed by atoms with Crippen molar-refractivity contribution in [2.24, 2.45) is 0 Å². The zero-order valence-electron chi connectivity index (χ0n) is 8.48. The first-order chi connectivity index (χ1) is 8.08. The topological polar surface area (TPSA) is 63.3 Å². The third-order valence-corrected chi connectivity index (χ3v) is 2.16. The van der Waals surface area contributed by atoms with Gasteiger partial charge in [-0.1, -0.05) is 6.07 Å². The molecule has 0 bridgehead atoms. The van der Waals surface area contributed by atoms with E-state index in [4.69, 9.17) is 9.52 Å². The molecule has 0 atom stereocenters. The molecular formula is C11H7F2NO3. The van der Waals surface area contributed by atoms with Crippen LogP contribution in [-0.2, 0) is 6.42 Å². The average molecular weight is 239 g/mol. The van der Waals surface area contributed by atoms with Crippen LogP contribution in [0.5, 0.6) is 0 Å². The van der Waals surface area contributed by atoms with Crippen molar-refractivity contribution in [2.75, 3.05) is 0 Å². The van der Waals surface area contributed by atoms with Gasteiger partial charge in [-0.15, -0.1) is 0 Å². The molecular weight excluding hydrogens is 232 g/mol. The monoisotopic (exact) mass is 239 g/mol. The SMILES string of the molecule is O=C(O)c1coc(Cc2c(F)cccc2F)n1. The van der Waals surface area contributed by atoms with Crippen LogP contribution in [-0.4, -0.2) is 16.1 Å². The van der Waals surface area contributed by atoms with Crippen molar-refractivity contribution in [3.8, 4) is 0 Å². The van der Waals surface area contributed by atoms with Crippen molar-refractivity contribution >= 4 is 5.97 Å². The van der Waals surface area contributed by atoms with Crippen LogP contribution in [0.3, 0.4) is 0 Å². The van der Waals surface area contributed by atoms with Crippen molar-refractivity contribution in [3.05, 3.63) is 53.2 Å². The molecule has 88 valence electrons. The summed E-state index contributed by atoms with van der Waals surface area (Å²) >= 11 is 0. The molecule has 4 nitrogen and oxygen atoms in total. The predicted molar refractivity (Wildman–Crippen MR) is 52.6 cm³/mol. The van der Waals surface area contributed by atoms with Gasteiger partial charge < -0.3 is 9.52 Å². The van der Waals surface area contributed by atoms with Crippen molar-refractivity contribution in [1.82, 2.24) is 4.98 Å². The average Bonchev–Trinajstić information content (AvgIpc) is 2.72. The zero-order chi connectivity index (χ0) is 12.4. The molecule has 0 spiro atoms. The van der Waals surface area contributed by atoms with E-state index in [1.807, 2.05) is 0 Å². The summed E-state index contributed by atoms with van der Waals surface area (Å²) in [6.45, 7) is 0. The first-order valence-electron chi connectivity index (χ1n) is 4.68. The van der Waals surface area contributed by atoms with E-state index < -0.39 is 17.6 Å². The number of benzene rings is 1. The molecule has 1 N–H and O–H groups in total. The number of carboxylic acids is 1. The summed E-state index contributed by atoms with van der Waals surface area (Å²) in [6, 6.07) is 3.46. The lowest BCUT2D eigenvalue weighted by molar-refractivity contribution is 0.0690. The maximum atomic E-state index is 13.3. The van der Waals surface area contributed by atoms with Crippen molar-refractivity contribution in [2.45, 2.75) is 6.42 Å². The van der Waals surface area contributed by atoms with E-state index in [0.717, 1.165) is 18.4 Å². The number of hydrogen-bond donors (Lipinski definition) is 1. The highest BCUT2D eigenvalue weighted by atomic mass is 19.1. The normalized spacial score (nSPS) is 10.5. The molecule has 0 radical (unpaired) electrons. The molecule has 0 fully saturated rings. The van der Waals surface area contributed by atoms with E-state index in [-0.39, 0.29) is 23.6 Å². The summed E-state index contributed by atoms with van der Waals surface area (Å²) in [5.74, 6) is -2.75. The summed E-state index contributed by atoms with van der Waals surface area (Å²) in [7, 11) is 0. The van der Waals surface area contributed by atoms with Crippen LogP contribution < -0.4 is 0 Å². The molecule has 0 unspecified atom stereocenters. The van der Waals surface area contributed by atoms with E-state index in [0.29, 0.717) is 0 Å². The minimum absolute atomic E-state index is 0.0496. The number of carboxylic acid groups (broad SMARTS) is 1. The van der Waals surface area contributed by atoms with Crippen LogP contribution in [0.4, 0.5) is 8.78 Å². The van der Waals surface area contributed by atoms with Crippen LogP contribution in [0.1, 0.15) is 21.9 Å². The van der Waals surface area contributed by atoms with E-state index >= 15 is 0 Å². The Bertz CT molecular complexity index is 545. The largest absolute Gasteiger partial charge is 0.476 e. The molecule has 6 heteroatoms. The summed E-state index contributed by atoms with van der Waals surface area (Å²) in [6.07, 6.45) is 0.697. The highest BCUT2D eigenvalue weighted by Crippen LogP contribution is 2.16. The van der Waals surface area contributed by atoms with Gasteiger partial charge in [0.15, 0.2) is 11.6 Å². The maximum absolute atomic E-state index is 13.3. The van der Waals surface area contributed by atoms with Crippen molar-refractivity contribution in [1.29, 1.82) is 0 Å². The van der Waals surface area contributed by atoms with Crippen LogP contribution >= 0.6 is 0 Å². The Kier molecular flexibility index (Phi) is 2.86. The fourth-order valence-electron chi connectivity index (χ4n) is 1.34. The Morgan fingerprint density at radius 3 is 2.53 bits per heavy atom. The summed E-state index contributed by atoms with van der Waals surface area (Å²) in [5, 5.41) is 8.60. The lowest BCUT2D eigenvalue weighted by atomic mass is 10.1. The maximum Gasteiger partial charge on any atom is 0.357 e. The van der Waals surface area contributed by atoms with Gasteiger partial charge in [0, 0.05) is 5.56 Å². The molecule has 1 heterocycles. The van der Waals surface area contributed by atoms with E-state index in [2.05, 4.69) is 4.98 Å². The second-order valence-corrected chi connectivity index (χ2v) is 3.31. The molecule has 1 aromatic carbocycles. The molecule has 2 aromatic rings. The Morgan fingerprint density at radius 1 is 1.35 bits per heavy atom. The zero-order valence-corrected chi connectivity index (χ0v) is 8.48. The fraction of sp³-hybridized carbons (Fsp3) is 0.0909. The second kappa shape index (κ2) is 4.32. The van der Waals surface area contributed by atoms with Gasteiger partial charge in [0.05, 0.1) is 6.42 Å². The molecule has 0 aliphatic carbocycles. The van der Waals surface area contributed by atoms with E-state index in [1.54, 1.807) is 0 Å². The van der Waals surface area contributed by atoms with Gasteiger partial charge in [0.2, 0.25) is 0 Å². The number of aromatic carboxylic acids is 1. The standard InChI is InChI=1S/C11H7F2NO3/c12-7-2-1-3-8(13)6(7)4-10-14-9(5-17-10)11(15)16/h1-3,5H,4H2,(H,15,16). The molecule has 0 aliphatic heterocycles. The number of nitrogens with zero attached hydrogens (tertiary/aromatic N) is 1. The molecule has 2 rings (SSSR count). The van der Waals surface area contributed by atoms with Gasteiger partial charge in [-0.3, -0.25) is 0 Å². The number of aromatic nitrogens is 1. The highest BCUT2D eigenvalue weighted by molar-refractivity contribution is 5.84. The predicted octanol–water partition coefficient (Wildman–Crippen LogP) is 2.24. The summed E-state index contributed by atoms with van der Waals surface area (Å²) in [4.78, 5) is 14.1. The highest BCUT2D eigenvalue weighted by Gasteiger charge is 2.15. The van der Waals surface area contributed by atoms with Crippen molar-refractivity contribution in [3.63, 3.8) is 0 Å². The fourth-order valence-corrected chi connectivity index (χ4v) is 1.34. The lowest BCUT2D eigenvalue weighted by Gasteiger charge is -2.00. The van der Waals surface area contributed by atoms with Crippen LogP contribution in [0.15, 0.2) is 28.9 Å². The quantitative estimate of drug-likeness (QED) is 0.892. The number of oxazole rings is 1. The second-order valence-electron chi connectivity index (χ2n) is 3.31. The third kappa shape index (κ3) is 2.30. The Hall–Kier alpha value is -2.24. The number of carbonyl (C=O) groups is 1. The summed E-state index contributed by atoms with van der Waals surface area (Å²) < 4.78 is 31.4. The Morgan fingerprint density at radius 2 is 2.00 bits per heavy atom. The van der Waals surface area contributed by atoms with Crippen molar-refractivity contribution < 1.29 is 23.1 Å². The smallest absolute Gasteiger partial charge is 0.357 e. The molecule has 0 saturated carbocycles. The molecule has 0 amide bonds. The molecule has 0 aliphatic rings. The van der Waals surface area contributed by atoms with Crippen LogP contribution in [0.25, 0.3) is 0 Å². The number of halogens is 2. The first-order valence-corrected chi connectivity index (χ1v) is 4.68. The minimum atomic E-state index is -1.26. The summed E-state index contributed by atoms with van der Waals surface area (Å²) in [5.41, 5.74) is -0.497. The van der Waals surface area contributed by atoms with Gasteiger partial charge >= 0.3 is 5.97 Å². The van der Waals surface area contributed by atoms with Gasteiger partial charge in [0.25, 0.3) is 0 Å². The third-order valence-electron chi connectivity index (χ3n) is 2.16. The lowest BCUT2D eigenvalue weighted by Crippen LogP contribution is -1.99. The molecule has 1 aromatic heterocycles. The Balaban J connectivity index is 2.28. The number of rotatable bonds is 3. The molecule has 17 heavy (non-hydrogen) atoms. The number of hydrogen-bond acceptors (Lipinski definition) is 3. The van der Waals surface area contributed by atoms with E-state index in [9.17, 15) is 13.6 Å². The first kappa shape index (κ1) is 11.3. The molecule has 0 saturated heterocycles. The van der Waals surface area contributed by atoms with Crippen LogP contribution in [0, 0.1) is 11.6 Å². The van der Waals surface area contributed by atoms with Gasteiger partial charge in [0.1, 0.15) is 17.9 Å². The van der Waals surface area contributed by atoms with Crippen LogP contribution in [0.2, 0.25) is 0 Å². The van der Waals surface area contributed by atoms with Gasteiger partial charge in [-0.25, -0.2) is 18.6 Å². The van der Waals surface area contributed by atoms with E-state index in [1.165, 1.54) is 6.07 Å². The van der Waals surface area contributed by atoms with Gasteiger partial charge in [-0.2, -0.15) is 0 Å².